The Morgan fingerprint density at radius 1 is 1.17 bits per heavy atom. The molecular formula is C22H22N2O4S. The molecule has 1 aromatic heterocycles. The maximum atomic E-state index is 12.9. The molecule has 3 heterocycles. The van der Waals surface area contributed by atoms with E-state index in [1.165, 1.54) is 10.5 Å². The second-order valence-corrected chi connectivity index (χ2v) is 8.92. The number of benzene rings is 1. The number of fused-ring (bicyclic) bond motifs is 3. The first-order valence-electron chi connectivity index (χ1n) is 9.97. The van der Waals surface area contributed by atoms with Crippen molar-refractivity contribution >= 4 is 29.1 Å². The van der Waals surface area contributed by atoms with Crippen LogP contribution in [0.4, 0.5) is 0 Å². The third-order valence-electron chi connectivity index (χ3n) is 6.24. The highest BCUT2D eigenvalue weighted by molar-refractivity contribution is 7.10. The Bertz CT molecular complexity index is 975. The van der Waals surface area contributed by atoms with Crippen LogP contribution in [0.25, 0.3) is 0 Å². The highest BCUT2D eigenvalue weighted by Crippen LogP contribution is 2.56. The highest BCUT2D eigenvalue weighted by Gasteiger charge is 2.53. The molecule has 6 nitrogen and oxygen atoms in total. The largest absolute Gasteiger partial charge is 0.465 e. The fourth-order valence-electron chi connectivity index (χ4n) is 4.66. The zero-order valence-electron chi connectivity index (χ0n) is 16.2. The molecule has 1 saturated carbocycles. The predicted molar refractivity (Wildman–Crippen MR) is 108 cm³/mol. The van der Waals surface area contributed by atoms with Gasteiger partial charge in [0.05, 0.1) is 30.3 Å². The van der Waals surface area contributed by atoms with Gasteiger partial charge in [0.2, 0.25) is 0 Å². The Kier molecular flexibility index (Phi) is 4.33. The molecule has 1 aliphatic carbocycles. The van der Waals surface area contributed by atoms with Gasteiger partial charge >= 0.3 is 5.97 Å². The van der Waals surface area contributed by atoms with Crippen LogP contribution in [-0.4, -0.2) is 53.8 Å². The Morgan fingerprint density at radius 3 is 2.48 bits per heavy atom. The molecule has 3 aliphatic rings. The van der Waals surface area contributed by atoms with E-state index in [-0.39, 0.29) is 42.3 Å². The van der Waals surface area contributed by atoms with Crippen LogP contribution in [-0.2, 0) is 14.9 Å². The number of thiophene rings is 1. The standard InChI is InChI=1S/C22H22N2O4S/c1-2-28-18(25)12-23-13-22(8-9-22)16-7-10-29-19(16)17(23)11-24-20(26)14-5-3-4-6-15(14)21(24)27/h3-7,10,17H,2,8-9,11-13H2,1H3. The van der Waals surface area contributed by atoms with Crippen LogP contribution in [0.1, 0.15) is 57.0 Å². The number of esters is 1. The highest BCUT2D eigenvalue weighted by atomic mass is 32.1. The van der Waals surface area contributed by atoms with E-state index in [0.717, 1.165) is 24.3 Å². The lowest BCUT2D eigenvalue weighted by atomic mass is 9.88. The monoisotopic (exact) mass is 410 g/mol. The molecule has 7 heteroatoms. The summed E-state index contributed by atoms with van der Waals surface area (Å²) in [6, 6.07) is 8.92. The molecule has 0 saturated heterocycles. The van der Waals surface area contributed by atoms with Crippen LogP contribution in [0.3, 0.4) is 0 Å². The van der Waals surface area contributed by atoms with Gasteiger partial charge in [-0.1, -0.05) is 12.1 Å². The molecule has 150 valence electrons. The first-order chi connectivity index (χ1) is 14.0. The summed E-state index contributed by atoms with van der Waals surface area (Å²) in [6.45, 7) is 3.30. The third kappa shape index (κ3) is 2.91. The molecule has 1 spiro atoms. The lowest BCUT2D eigenvalue weighted by molar-refractivity contribution is -0.145. The minimum atomic E-state index is -0.268. The van der Waals surface area contributed by atoms with Gasteiger partial charge in [-0.3, -0.25) is 24.2 Å². The quantitative estimate of drug-likeness (QED) is 0.560. The fraction of sp³-hybridized carbons (Fsp3) is 0.409. The summed E-state index contributed by atoms with van der Waals surface area (Å²) < 4.78 is 5.19. The first kappa shape index (κ1) is 18.5. The second-order valence-electron chi connectivity index (χ2n) is 7.97. The lowest BCUT2D eigenvalue weighted by Crippen LogP contribution is -2.48. The number of amides is 2. The zero-order chi connectivity index (χ0) is 20.2. The molecule has 1 atom stereocenters. The number of hydrogen-bond donors (Lipinski definition) is 0. The number of rotatable bonds is 5. The number of imide groups is 1. The first-order valence-corrected chi connectivity index (χ1v) is 10.8. The van der Waals surface area contributed by atoms with E-state index >= 15 is 0 Å². The molecule has 29 heavy (non-hydrogen) atoms. The summed E-state index contributed by atoms with van der Waals surface area (Å²) in [5, 5.41) is 2.08. The topological polar surface area (TPSA) is 66.9 Å². The molecule has 0 bridgehead atoms. The van der Waals surface area contributed by atoms with Gasteiger partial charge in [-0.05, 0) is 48.9 Å². The molecule has 1 aromatic carbocycles. The normalized spacial score (nSPS) is 22.0. The van der Waals surface area contributed by atoms with E-state index in [1.807, 2.05) is 0 Å². The predicted octanol–water partition coefficient (Wildman–Crippen LogP) is 3.00. The summed E-state index contributed by atoms with van der Waals surface area (Å²) in [5.74, 6) is -0.784. The Balaban J connectivity index is 1.47. The Labute approximate surface area is 173 Å². The Morgan fingerprint density at radius 2 is 1.86 bits per heavy atom. The van der Waals surface area contributed by atoms with Crippen molar-refractivity contribution in [3.05, 3.63) is 57.3 Å². The van der Waals surface area contributed by atoms with E-state index in [0.29, 0.717) is 17.7 Å². The average molecular weight is 410 g/mol. The van der Waals surface area contributed by atoms with Crippen LogP contribution in [0.15, 0.2) is 35.7 Å². The van der Waals surface area contributed by atoms with Gasteiger partial charge in [0.1, 0.15) is 0 Å². The van der Waals surface area contributed by atoms with Crippen molar-refractivity contribution in [2.75, 3.05) is 26.2 Å². The van der Waals surface area contributed by atoms with Crippen molar-refractivity contribution in [1.29, 1.82) is 0 Å². The SMILES string of the molecule is CCOC(=O)CN1CC2(CC2)c2ccsc2C1CN1C(=O)c2ccccc2C1=O. The molecule has 2 aliphatic heterocycles. The maximum Gasteiger partial charge on any atom is 0.320 e. The van der Waals surface area contributed by atoms with E-state index in [1.54, 1.807) is 42.5 Å². The molecule has 0 N–H and O–H groups in total. The van der Waals surface area contributed by atoms with Gasteiger partial charge in [-0.2, -0.15) is 0 Å². The van der Waals surface area contributed by atoms with Gasteiger partial charge in [-0.15, -0.1) is 11.3 Å². The number of carbonyl (C=O) groups excluding carboxylic acids is 3. The molecule has 1 unspecified atom stereocenters. The lowest BCUT2D eigenvalue weighted by Gasteiger charge is -2.40. The van der Waals surface area contributed by atoms with Crippen molar-refractivity contribution in [2.24, 2.45) is 0 Å². The molecule has 1 fully saturated rings. The van der Waals surface area contributed by atoms with Crippen molar-refractivity contribution < 1.29 is 19.1 Å². The Hall–Kier alpha value is -2.51. The number of nitrogens with zero attached hydrogens (tertiary/aromatic N) is 2. The van der Waals surface area contributed by atoms with Crippen LogP contribution < -0.4 is 0 Å². The summed E-state index contributed by atoms with van der Waals surface area (Å²) in [4.78, 5) is 42.7. The second kappa shape index (κ2) is 6.78. The third-order valence-corrected chi connectivity index (χ3v) is 7.26. The van der Waals surface area contributed by atoms with E-state index < -0.39 is 0 Å². The van der Waals surface area contributed by atoms with Crippen molar-refractivity contribution in [3.8, 4) is 0 Å². The van der Waals surface area contributed by atoms with Crippen molar-refractivity contribution in [3.63, 3.8) is 0 Å². The van der Waals surface area contributed by atoms with Crippen molar-refractivity contribution in [2.45, 2.75) is 31.2 Å². The number of carbonyl (C=O) groups is 3. The van der Waals surface area contributed by atoms with Crippen LogP contribution in [0.5, 0.6) is 0 Å². The van der Waals surface area contributed by atoms with Gasteiger partial charge in [-0.25, -0.2) is 0 Å². The van der Waals surface area contributed by atoms with E-state index in [4.69, 9.17) is 4.74 Å². The van der Waals surface area contributed by atoms with E-state index in [2.05, 4.69) is 16.3 Å². The van der Waals surface area contributed by atoms with Crippen LogP contribution >= 0.6 is 11.3 Å². The maximum absolute atomic E-state index is 12.9. The smallest absolute Gasteiger partial charge is 0.320 e. The van der Waals surface area contributed by atoms with E-state index in [9.17, 15) is 14.4 Å². The zero-order valence-corrected chi connectivity index (χ0v) is 17.0. The molecule has 5 rings (SSSR count). The molecule has 2 amide bonds. The summed E-state index contributed by atoms with van der Waals surface area (Å²) in [7, 11) is 0. The summed E-state index contributed by atoms with van der Waals surface area (Å²) in [6.07, 6.45) is 2.21. The fourth-order valence-corrected chi connectivity index (χ4v) is 5.80. The van der Waals surface area contributed by atoms with Gasteiger partial charge in [0.15, 0.2) is 0 Å². The van der Waals surface area contributed by atoms with Gasteiger partial charge in [0.25, 0.3) is 11.8 Å². The minimum Gasteiger partial charge on any atom is -0.465 e. The average Bonchev–Trinajstić information content (AvgIpc) is 3.21. The minimum absolute atomic E-state index is 0.111. The molecule has 0 radical (unpaired) electrons. The summed E-state index contributed by atoms with van der Waals surface area (Å²) in [5.41, 5.74) is 2.34. The van der Waals surface area contributed by atoms with Gasteiger partial charge in [0, 0.05) is 23.4 Å². The molecule has 2 aromatic rings. The van der Waals surface area contributed by atoms with Crippen molar-refractivity contribution in [1.82, 2.24) is 9.80 Å². The van der Waals surface area contributed by atoms with Crippen LogP contribution in [0.2, 0.25) is 0 Å². The molecular weight excluding hydrogens is 388 g/mol. The van der Waals surface area contributed by atoms with Crippen LogP contribution in [0, 0.1) is 0 Å². The number of hydrogen-bond acceptors (Lipinski definition) is 6. The number of ether oxygens (including phenoxy) is 1. The van der Waals surface area contributed by atoms with Gasteiger partial charge < -0.3 is 4.74 Å². The summed E-state index contributed by atoms with van der Waals surface area (Å²) >= 11 is 1.65.